The van der Waals surface area contributed by atoms with E-state index in [4.69, 9.17) is 10.5 Å². The number of benzene rings is 2. The van der Waals surface area contributed by atoms with E-state index in [1.807, 2.05) is 93.5 Å². The number of aliphatic hydroxyl groups excluding tert-OH is 1. The van der Waals surface area contributed by atoms with E-state index in [-0.39, 0.29) is 18.9 Å². The van der Waals surface area contributed by atoms with Gasteiger partial charge in [0, 0.05) is 18.5 Å². The van der Waals surface area contributed by atoms with Crippen molar-refractivity contribution in [3.05, 3.63) is 71.8 Å². The van der Waals surface area contributed by atoms with Gasteiger partial charge in [-0.25, -0.2) is 4.79 Å². The number of aliphatic hydroxyl groups is 1. The number of amides is 3. The SMILES string of the molecule is CC(C)C(NC(=O)OC(C)(C)C)C(=O)N(CCCN(C)C)C(=O)[C@H](Cc1ccccc1)C[C@H](O)[C@@H](N)Cc1ccccc1. The van der Waals surface area contributed by atoms with Gasteiger partial charge in [0.25, 0.3) is 5.91 Å². The zero-order valence-electron chi connectivity index (χ0n) is 27.0. The van der Waals surface area contributed by atoms with Gasteiger partial charge >= 0.3 is 6.09 Å². The summed E-state index contributed by atoms with van der Waals surface area (Å²) in [5.41, 5.74) is 7.59. The fraction of sp³-hybridized carbons (Fsp3) is 0.559. The van der Waals surface area contributed by atoms with Crippen molar-refractivity contribution in [3.8, 4) is 0 Å². The van der Waals surface area contributed by atoms with Gasteiger partial charge in [-0.3, -0.25) is 14.5 Å². The minimum absolute atomic E-state index is 0.0883. The van der Waals surface area contributed by atoms with Crippen molar-refractivity contribution in [3.63, 3.8) is 0 Å². The second-order valence-electron chi connectivity index (χ2n) is 12.9. The normalized spacial score (nSPS) is 14.6. The van der Waals surface area contributed by atoms with Crippen LogP contribution in [-0.4, -0.2) is 83.8 Å². The minimum atomic E-state index is -0.975. The fourth-order valence-corrected chi connectivity index (χ4v) is 4.87. The standard InChI is InChI=1S/C34H52N4O5/c1-24(2)30(36-33(42)43-34(3,4)5)32(41)38(20-14-19-37(6)7)31(40)27(21-25-15-10-8-11-16-25)23-29(39)28(35)22-26-17-12-9-13-18-26/h8-13,15-18,24,27-30,39H,14,19-23,35H2,1-7H3,(H,36,42)/t27-,28+,29+,30?/m1/s1. The molecule has 9 heteroatoms. The van der Waals surface area contributed by atoms with Crippen molar-refractivity contribution in [1.82, 2.24) is 15.1 Å². The molecule has 2 aromatic rings. The van der Waals surface area contributed by atoms with Crippen LogP contribution in [0.4, 0.5) is 4.79 Å². The molecule has 0 saturated carbocycles. The molecule has 9 nitrogen and oxygen atoms in total. The smallest absolute Gasteiger partial charge is 0.408 e. The lowest BCUT2D eigenvalue weighted by Crippen LogP contribution is -2.55. The Morgan fingerprint density at radius 3 is 1.91 bits per heavy atom. The van der Waals surface area contributed by atoms with Crippen LogP contribution in [0.1, 0.15) is 58.6 Å². The number of alkyl carbamates (subject to hydrolysis) is 1. The summed E-state index contributed by atoms with van der Waals surface area (Å²) in [4.78, 5) is 44.3. The van der Waals surface area contributed by atoms with Gasteiger partial charge in [-0.1, -0.05) is 74.5 Å². The van der Waals surface area contributed by atoms with Crippen LogP contribution in [0.5, 0.6) is 0 Å². The summed E-state index contributed by atoms with van der Waals surface area (Å²) in [6.45, 7) is 9.71. The summed E-state index contributed by atoms with van der Waals surface area (Å²) in [6, 6.07) is 17.6. The van der Waals surface area contributed by atoms with E-state index in [0.717, 1.165) is 11.1 Å². The van der Waals surface area contributed by atoms with Gasteiger partial charge in [-0.15, -0.1) is 0 Å². The number of nitrogens with zero attached hydrogens (tertiary/aromatic N) is 2. The van der Waals surface area contributed by atoms with Crippen molar-refractivity contribution >= 4 is 17.9 Å². The first-order valence-corrected chi connectivity index (χ1v) is 15.2. The largest absolute Gasteiger partial charge is 0.444 e. The molecular weight excluding hydrogens is 544 g/mol. The highest BCUT2D eigenvalue weighted by atomic mass is 16.6. The zero-order valence-corrected chi connectivity index (χ0v) is 27.0. The summed E-state index contributed by atoms with van der Waals surface area (Å²) in [7, 11) is 3.86. The topological polar surface area (TPSA) is 125 Å². The molecule has 0 spiro atoms. The first-order chi connectivity index (χ1) is 20.2. The first kappa shape index (κ1) is 35.9. The third kappa shape index (κ3) is 12.9. The number of nitrogens with one attached hydrogen (secondary N) is 1. The predicted octanol–water partition coefficient (Wildman–Crippen LogP) is 4.02. The van der Waals surface area contributed by atoms with Crippen LogP contribution < -0.4 is 11.1 Å². The summed E-state index contributed by atoms with van der Waals surface area (Å²) in [5.74, 6) is -1.90. The number of hydrogen-bond donors (Lipinski definition) is 3. The van der Waals surface area contributed by atoms with Crippen LogP contribution in [0, 0.1) is 11.8 Å². The maximum Gasteiger partial charge on any atom is 0.408 e. The molecule has 1 unspecified atom stereocenters. The van der Waals surface area contributed by atoms with E-state index in [9.17, 15) is 19.5 Å². The van der Waals surface area contributed by atoms with Gasteiger partial charge in [0.1, 0.15) is 11.6 Å². The maximum atomic E-state index is 14.3. The Labute approximate surface area is 257 Å². The highest BCUT2D eigenvalue weighted by molar-refractivity contribution is 6.00. The second-order valence-corrected chi connectivity index (χ2v) is 12.9. The Morgan fingerprint density at radius 2 is 1.42 bits per heavy atom. The Hall–Kier alpha value is -3.27. The molecule has 0 bridgehead atoms. The Balaban J connectivity index is 2.38. The molecule has 43 heavy (non-hydrogen) atoms. The van der Waals surface area contributed by atoms with Crippen LogP contribution in [0.15, 0.2) is 60.7 Å². The van der Waals surface area contributed by atoms with E-state index >= 15 is 0 Å². The summed E-state index contributed by atoms with van der Waals surface area (Å²) >= 11 is 0. The molecule has 238 valence electrons. The lowest BCUT2D eigenvalue weighted by atomic mass is 9.88. The molecule has 4 atom stereocenters. The molecule has 0 aliphatic carbocycles. The Bertz CT molecular complexity index is 1130. The third-order valence-corrected chi connectivity index (χ3v) is 7.13. The maximum absolute atomic E-state index is 14.3. The van der Waals surface area contributed by atoms with Gasteiger partial charge < -0.3 is 25.8 Å². The predicted molar refractivity (Wildman–Crippen MR) is 170 cm³/mol. The molecule has 0 heterocycles. The molecule has 0 aliphatic rings. The van der Waals surface area contributed by atoms with E-state index in [0.29, 0.717) is 25.8 Å². The van der Waals surface area contributed by atoms with Crippen molar-refractivity contribution in [2.75, 3.05) is 27.2 Å². The number of nitrogens with two attached hydrogens (primary N) is 1. The molecule has 0 aromatic heterocycles. The van der Waals surface area contributed by atoms with Crippen molar-refractivity contribution in [1.29, 1.82) is 0 Å². The molecule has 0 radical (unpaired) electrons. The number of carbonyl (C=O) groups is 3. The van der Waals surface area contributed by atoms with E-state index in [1.54, 1.807) is 20.8 Å². The Morgan fingerprint density at radius 1 is 0.884 bits per heavy atom. The lowest BCUT2D eigenvalue weighted by molar-refractivity contribution is -0.150. The average molecular weight is 597 g/mol. The van der Waals surface area contributed by atoms with Gasteiger partial charge in [0.05, 0.1) is 6.10 Å². The zero-order chi connectivity index (χ0) is 32.2. The molecule has 0 saturated heterocycles. The van der Waals surface area contributed by atoms with E-state index in [1.165, 1.54) is 4.90 Å². The van der Waals surface area contributed by atoms with E-state index in [2.05, 4.69) is 5.32 Å². The van der Waals surface area contributed by atoms with Gasteiger partial charge in [0.15, 0.2) is 0 Å². The van der Waals surface area contributed by atoms with Gasteiger partial charge in [-0.2, -0.15) is 0 Å². The van der Waals surface area contributed by atoms with Crippen molar-refractivity contribution < 1.29 is 24.2 Å². The van der Waals surface area contributed by atoms with Gasteiger partial charge in [-0.05, 0) is 84.1 Å². The van der Waals surface area contributed by atoms with Crippen LogP contribution in [0.2, 0.25) is 0 Å². The molecule has 0 fully saturated rings. The number of hydrogen-bond acceptors (Lipinski definition) is 7. The van der Waals surface area contributed by atoms with E-state index < -0.39 is 47.6 Å². The molecule has 3 amide bonds. The fourth-order valence-electron chi connectivity index (χ4n) is 4.87. The lowest BCUT2D eigenvalue weighted by Gasteiger charge is -2.33. The summed E-state index contributed by atoms with van der Waals surface area (Å²) in [5, 5.41) is 13.9. The number of rotatable bonds is 15. The molecule has 4 N–H and O–H groups in total. The molecule has 2 rings (SSSR count). The van der Waals surface area contributed by atoms with Crippen LogP contribution in [-0.2, 0) is 27.2 Å². The van der Waals surface area contributed by atoms with Crippen LogP contribution in [0.3, 0.4) is 0 Å². The monoisotopic (exact) mass is 596 g/mol. The number of carbonyl (C=O) groups excluding carboxylic acids is 3. The van der Waals surface area contributed by atoms with Crippen molar-refractivity contribution in [2.24, 2.45) is 17.6 Å². The third-order valence-electron chi connectivity index (χ3n) is 7.13. The highest BCUT2D eigenvalue weighted by Crippen LogP contribution is 2.22. The number of ether oxygens (including phenoxy) is 1. The summed E-state index contributed by atoms with van der Waals surface area (Å²) < 4.78 is 5.42. The average Bonchev–Trinajstić information content (AvgIpc) is 2.93. The van der Waals surface area contributed by atoms with Crippen LogP contribution >= 0.6 is 0 Å². The minimum Gasteiger partial charge on any atom is -0.444 e. The number of imide groups is 1. The first-order valence-electron chi connectivity index (χ1n) is 15.2. The summed E-state index contributed by atoms with van der Waals surface area (Å²) in [6.07, 6.45) is -0.269. The van der Waals surface area contributed by atoms with Crippen LogP contribution in [0.25, 0.3) is 0 Å². The quantitative estimate of drug-likeness (QED) is 0.284. The van der Waals surface area contributed by atoms with Crippen molar-refractivity contribution in [2.45, 2.75) is 84.1 Å². The van der Waals surface area contributed by atoms with Gasteiger partial charge in [0.2, 0.25) is 5.91 Å². The highest BCUT2D eigenvalue weighted by Gasteiger charge is 2.37. The Kier molecular flexibility index (Phi) is 14.3. The molecular formula is C34H52N4O5. The molecule has 0 aliphatic heterocycles. The molecule has 2 aromatic carbocycles. The second kappa shape index (κ2) is 17.1.